The van der Waals surface area contributed by atoms with Crippen molar-refractivity contribution in [1.82, 2.24) is 0 Å². The minimum Gasteiger partial charge on any atom is -0.483 e. The summed E-state index contributed by atoms with van der Waals surface area (Å²) in [7, 11) is 0. The molecule has 3 rings (SSSR count). The maximum absolute atomic E-state index is 12.6. The van der Waals surface area contributed by atoms with Crippen molar-refractivity contribution in [3.05, 3.63) is 58.6 Å². The zero-order chi connectivity index (χ0) is 25.4. The molecule has 1 N–H and O–H groups in total. The first kappa shape index (κ1) is 26.7. The van der Waals surface area contributed by atoms with Crippen molar-refractivity contribution in [2.75, 3.05) is 18.5 Å². The number of ether oxygens (including phenoxy) is 3. The standard InChI is InChI=1S/C27H32BrNO6/c1-17(2)21-13-8-18(3)14-24(21)35-26(31)16-34-27(32)22-6-4-5-7-23(22)33-15-25(30)29-20-11-9-19(28)10-12-20/h4-7,9-12,17-18,21,24H,8,13-16H2,1-3H3,(H,29,30)/t18-,21+,24-/m0/s1. The summed E-state index contributed by atoms with van der Waals surface area (Å²) in [5, 5.41) is 2.72. The molecule has 0 bridgehead atoms. The summed E-state index contributed by atoms with van der Waals surface area (Å²) in [4.78, 5) is 37.3. The summed E-state index contributed by atoms with van der Waals surface area (Å²) in [6.45, 7) is 5.66. The molecule has 0 heterocycles. The molecule has 2 aromatic rings. The third kappa shape index (κ3) is 8.09. The van der Waals surface area contributed by atoms with Crippen LogP contribution in [0.1, 0.15) is 50.4 Å². The second-order valence-corrected chi connectivity index (χ2v) is 10.2. The van der Waals surface area contributed by atoms with Crippen molar-refractivity contribution in [2.45, 2.75) is 46.1 Å². The highest BCUT2D eigenvalue weighted by Gasteiger charge is 2.33. The van der Waals surface area contributed by atoms with E-state index in [1.54, 1.807) is 30.3 Å². The van der Waals surface area contributed by atoms with E-state index in [1.807, 2.05) is 12.1 Å². The van der Waals surface area contributed by atoms with Crippen LogP contribution in [0.2, 0.25) is 0 Å². The first-order valence-corrected chi connectivity index (χ1v) is 12.7. The molecule has 1 saturated carbocycles. The van der Waals surface area contributed by atoms with Gasteiger partial charge in [0.2, 0.25) is 0 Å². The molecular weight excluding hydrogens is 514 g/mol. The van der Waals surface area contributed by atoms with E-state index in [0.29, 0.717) is 23.4 Å². The molecule has 0 spiro atoms. The molecule has 188 valence electrons. The van der Waals surface area contributed by atoms with Crippen LogP contribution in [0.4, 0.5) is 5.69 Å². The van der Waals surface area contributed by atoms with E-state index in [1.165, 1.54) is 6.07 Å². The van der Waals surface area contributed by atoms with Crippen molar-refractivity contribution in [1.29, 1.82) is 0 Å². The average molecular weight is 546 g/mol. The van der Waals surface area contributed by atoms with E-state index in [4.69, 9.17) is 14.2 Å². The van der Waals surface area contributed by atoms with Gasteiger partial charge >= 0.3 is 11.9 Å². The first-order valence-electron chi connectivity index (χ1n) is 11.9. The van der Waals surface area contributed by atoms with Crippen molar-refractivity contribution in [3.63, 3.8) is 0 Å². The molecule has 3 atom stereocenters. The third-order valence-corrected chi connectivity index (χ3v) is 6.69. The number of anilines is 1. The number of carbonyl (C=O) groups is 3. The summed E-state index contributed by atoms with van der Waals surface area (Å²) >= 11 is 3.34. The van der Waals surface area contributed by atoms with Gasteiger partial charge in [0.15, 0.2) is 13.2 Å². The van der Waals surface area contributed by atoms with Crippen LogP contribution in [0, 0.1) is 17.8 Å². The van der Waals surface area contributed by atoms with Crippen LogP contribution in [0.5, 0.6) is 5.75 Å². The Morgan fingerprint density at radius 2 is 1.74 bits per heavy atom. The molecule has 1 aliphatic carbocycles. The Hall–Kier alpha value is -2.87. The lowest BCUT2D eigenvalue weighted by Gasteiger charge is -2.36. The Kier molecular flexibility index (Phi) is 9.72. The van der Waals surface area contributed by atoms with E-state index in [9.17, 15) is 14.4 Å². The van der Waals surface area contributed by atoms with E-state index in [0.717, 1.165) is 23.7 Å². The average Bonchev–Trinajstić information content (AvgIpc) is 2.82. The number of para-hydroxylation sites is 1. The number of esters is 2. The second-order valence-electron chi connectivity index (χ2n) is 9.27. The van der Waals surface area contributed by atoms with Crippen molar-refractivity contribution >= 4 is 39.5 Å². The third-order valence-electron chi connectivity index (χ3n) is 6.16. The minimum absolute atomic E-state index is 0.128. The quantitative estimate of drug-likeness (QED) is 0.410. The maximum atomic E-state index is 12.6. The molecule has 0 aliphatic heterocycles. The Morgan fingerprint density at radius 1 is 1.03 bits per heavy atom. The smallest absolute Gasteiger partial charge is 0.344 e. The number of halogens is 1. The van der Waals surface area contributed by atoms with Crippen LogP contribution < -0.4 is 10.1 Å². The summed E-state index contributed by atoms with van der Waals surface area (Å²) in [6.07, 6.45) is 2.81. The molecule has 1 amide bonds. The number of hydrogen-bond acceptors (Lipinski definition) is 6. The summed E-state index contributed by atoms with van der Waals surface area (Å²) in [6, 6.07) is 13.6. The molecule has 1 fully saturated rings. The molecule has 2 aromatic carbocycles. The van der Waals surface area contributed by atoms with Gasteiger partial charge in [0.1, 0.15) is 17.4 Å². The van der Waals surface area contributed by atoms with Crippen LogP contribution in [0.3, 0.4) is 0 Å². The predicted molar refractivity (Wildman–Crippen MR) is 136 cm³/mol. The number of carbonyl (C=O) groups excluding carboxylic acids is 3. The molecule has 1 aliphatic rings. The molecule has 0 unspecified atom stereocenters. The molecule has 0 radical (unpaired) electrons. The molecule has 0 aromatic heterocycles. The van der Waals surface area contributed by atoms with Gasteiger partial charge in [-0.2, -0.15) is 0 Å². The number of benzene rings is 2. The van der Waals surface area contributed by atoms with Gasteiger partial charge in [-0.3, -0.25) is 4.79 Å². The summed E-state index contributed by atoms with van der Waals surface area (Å²) in [5.74, 6) is -0.247. The molecule has 0 saturated heterocycles. The highest BCUT2D eigenvalue weighted by Crippen LogP contribution is 2.35. The van der Waals surface area contributed by atoms with E-state index < -0.39 is 18.5 Å². The summed E-state index contributed by atoms with van der Waals surface area (Å²) in [5.41, 5.74) is 0.753. The Balaban J connectivity index is 1.52. The van der Waals surface area contributed by atoms with Gasteiger partial charge in [0.05, 0.1) is 0 Å². The predicted octanol–water partition coefficient (Wildman–Crippen LogP) is 5.63. The zero-order valence-corrected chi connectivity index (χ0v) is 21.9. The maximum Gasteiger partial charge on any atom is 0.344 e. The number of amides is 1. The van der Waals surface area contributed by atoms with Gasteiger partial charge in [-0.05, 0) is 67.0 Å². The van der Waals surface area contributed by atoms with Crippen molar-refractivity contribution in [2.24, 2.45) is 17.8 Å². The number of rotatable bonds is 9. The lowest BCUT2D eigenvalue weighted by atomic mass is 9.75. The van der Waals surface area contributed by atoms with Gasteiger partial charge in [0, 0.05) is 10.2 Å². The molecular formula is C27H32BrNO6. The molecule has 7 nitrogen and oxygen atoms in total. The SMILES string of the molecule is CC(C)[C@H]1CC[C@H](C)C[C@@H]1OC(=O)COC(=O)c1ccccc1OCC(=O)Nc1ccc(Br)cc1. The van der Waals surface area contributed by atoms with Gasteiger partial charge in [-0.25, -0.2) is 9.59 Å². The van der Waals surface area contributed by atoms with Crippen LogP contribution in [0.25, 0.3) is 0 Å². The Bertz CT molecular complexity index is 1020. The van der Waals surface area contributed by atoms with Crippen molar-refractivity contribution in [3.8, 4) is 5.75 Å². The van der Waals surface area contributed by atoms with E-state index >= 15 is 0 Å². The lowest BCUT2D eigenvalue weighted by Crippen LogP contribution is -2.36. The van der Waals surface area contributed by atoms with Gasteiger partial charge in [-0.15, -0.1) is 0 Å². The van der Waals surface area contributed by atoms with Gasteiger partial charge in [-0.1, -0.05) is 55.3 Å². The summed E-state index contributed by atoms with van der Waals surface area (Å²) < 4.78 is 17.4. The fourth-order valence-electron chi connectivity index (χ4n) is 4.29. The number of nitrogens with one attached hydrogen (secondary N) is 1. The van der Waals surface area contributed by atoms with Crippen molar-refractivity contribution < 1.29 is 28.6 Å². The molecule has 35 heavy (non-hydrogen) atoms. The highest BCUT2D eigenvalue weighted by molar-refractivity contribution is 9.10. The lowest BCUT2D eigenvalue weighted by molar-refractivity contribution is -0.159. The second kappa shape index (κ2) is 12.7. The Labute approximate surface area is 214 Å². The minimum atomic E-state index is -0.719. The van der Waals surface area contributed by atoms with E-state index in [-0.39, 0.29) is 29.9 Å². The van der Waals surface area contributed by atoms with Gasteiger partial charge < -0.3 is 19.5 Å². The topological polar surface area (TPSA) is 90.9 Å². The van der Waals surface area contributed by atoms with Crippen LogP contribution in [-0.2, 0) is 19.1 Å². The Morgan fingerprint density at radius 3 is 2.46 bits per heavy atom. The van der Waals surface area contributed by atoms with Crippen LogP contribution in [0.15, 0.2) is 53.0 Å². The number of hydrogen-bond donors (Lipinski definition) is 1. The monoisotopic (exact) mass is 545 g/mol. The van der Waals surface area contributed by atoms with Gasteiger partial charge in [0.25, 0.3) is 5.91 Å². The zero-order valence-electron chi connectivity index (χ0n) is 20.3. The molecule has 8 heteroatoms. The van der Waals surface area contributed by atoms with E-state index in [2.05, 4.69) is 42.0 Å². The fourth-order valence-corrected chi connectivity index (χ4v) is 4.55. The normalized spacial score (nSPS) is 19.6. The largest absolute Gasteiger partial charge is 0.483 e. The highest BCUT2D eigenvalue weighted by atomic mass is 79.9. The van der Waals surface area contributed by atoms with Crippen LogP contribution in [-0.4, -0.2) is 37.2 Å². The fraction of sp³-hybridized carbons (Fsp3) is 0.444. The first-order chi connectivity index (χ1) is 16.7. The van der Waals surface area contributed by atoms with Crippen LogP contribution >= 0.6 is 15.9 Å².